The second-order valence-electron chi connectivity index (χ2n) is 5.59. The second-order valence-corrected chi connectivity index (χ2v) is 7.24. The Hall–Kier alpha value is -3.24. The monoisotopic (exact) mass is 387 g/mol. The van der Waals surface area contributed by atoms with Gasteiger partial charge in [-0.15, -0.1) is 0 Å². The van der Waals surface area contributed by atoms with Crippen molar-refractivity contribution in [2.75, 3.05) is 16.6 Å². The van der Waals surface area contributed by atoms with E-state index in [1.807, 2.05) is 0 Å². The second kappa shape index (κ2) is 7.56. The number of aliphatic hydroxyl groups is 1. The highest BCUT2D eigenvalue weighted by Gasteiger charge is 2.22. The van der Waals surface area contributed by atoms with Crippen LogP contribution < -0.4 is 10.0 Å². The van der Waals surface area contributed by atoms with Crippen LogP contribution in [0.15, 0.2) is 59.8 Å². The molecule has 3 N–H and O–H groups in total. The fourth-order valence-corrected chi connectivity index (χ4v) is 3.65. The van der Waals surface area contributed by atoms with Gasteiger partial charge in [-0.1, -0.05) is 12.1 Å². The summed E-state index contributed by atoms with van der Waals surface area (Å²) in [7, 11) is -3.91. The Balaban J connectivity index is 1.87. The number of hydrogen-bond donors (Lipinski definition) is 3. The summed E-state index contributed by atoms with van der Waals surface area (Å²) in [4.78, 5) is 15.4. The van der Waals surface area contributed by atoms with Crippen molar-refractivity contribution in [2.24, 2.45) is 0 Å². The van der Waals surface area contributed by atoms with Crippen LogP contribution in [-0.2, 0) is 14.8 Å². The zero-order valence-electron chi connectivity index (χ0n) is 14.3. The van der Waals surface area contributed by atoms with Crippen LogP contribution >= 0.6 is 0 Å². The molecule has 0 bridgehead atoms. The highest BCUT2D eigenvalue weighted by Crippen LogP contribution is 2.22. The molecule has 140 valence electrons. The van der Waals surface area contributed by atoms with Crippen molar-refractivity contribution >= 4 is 27.3 Å². The lowest BCUT2D eigenvalue weighted by molar-refractivity contribution is -0.118. The first-order valence-corrected chi connectivity index (χ1v) is 9.38. The Kier molecular flexibility index (Phi) is 5.19. The first-order valence-electron chi connectivity index (χ1n) is 7.90. The van der Waals surface area contributed by atoms with Gasteiger partial charge in [-0.3, -0.25) is 9.52 Å². The minimum absolute atomic E-state index is 0.0120. The molecule has 0 spiro atoms. The van der Waals surface area contributed by atoms with Gasteiger partial charge in [-0.25, -0.2) is 18.1 Å². The molecule has 0 unspecified atom stereocenters. The minimum atomic E-state index is -3.91. The van der Waals surface area contributed by atoms with Gasteiger partial charge in [-0.2, -0.15) is 5.10 Å². The summed E-state index contributed by atoms with van der Waals surface area (Å²) >= 11 is 0. The van der Waals surface area contributed by atoms with Gasteiger partial charge in [0.2, 0.25) is 5.91 Å². The SMILES string of the molecule is Cc1c(S(=O)(=O)Nc2cccc(NC(=O)CO)c2)cnn1-c1ccccn1. The summed E-state index contributed by atoms with van der Waals surface area (Å²) in [6, 6.07) is 11.4. The molecular weight excluding hydrogens is 370 g/mol. The van der Waals surface area contributed by atoms with Gasteiger partial charge in [-0.05, 0) is 37.3 Å². The van der Waals surface area contributed by atoms with Gasteiger partial charge in [0.15, 0.2) is 5.82 Å². The first-order chi connectivity index (χ1) is 12.9. The Labute approximate surface area is 155 Å². The lowest BCUT2D eigenvalue weighted by atomic mass is 10.3. The van der Waals surface area contributed by atoms with Crippen LogP contribution in [0.2, 0.25) is 0 Å². The maximum absolute atomic E-state index is 12.7. The predicted molar refractivity (Wildman–Crippen MR) is 99.1 cm³/mol. The van der Waals surface area contributed by atoms with Crippen LogP contribution in [0.5, 0.6) is 0 Å². The van der Waals surface area contributed by atoms with Gasteiger partial charge in [0, 0.05) is 11.9 Å². The summed E-state index contributed by atoms with van der Waals surface area (Å²) < 4.78 is 29.4. The van der Waals surface area contributed by atoms with E-state index in [0.29, 0.717) is 17.2 Å². The molecule has 0 aliphatic carbocycles. The molecular formula is C17H17N5O4S. The zero-order valence-corrected chi connectivity index (χ0v) is 15.1. The molecule has 9 nitrogen and oxygen atoms in total. The zero-order chi connectivity index (χ0) is 19.4. The molecule has 0 radical (unpaired) electrons. The molecule has 1 amide bonds. The van der Waals surface area contributed by atoms with Crippen LogP contribution in [0.4, 0.5) is 11.4 Å². The van der Waals surface area contributed by atoms with Gasteiger partial charge in [0.1, 0.15) is 11.5 Å². The third kappa shape index (κ3) is 4.13. The lowest BCUT2D eigenvalue weighted by Gasteiger charge is -2.10. The van der Waals surface area contributed by atoms with E-state index >= 15 is 0 Å². The highest BCUT2D eigenvalue weighted by atomic mass is 32.2. The molecule has 0 saturated carbocycles. The number of aromatic nitrogens is 3. The third-order valence-electron chi connectivity index (χ3n) is 3.66. The number of benzene rings is 1. The Morgan fingerprint density at radius 2 is 1.96 bits per heavy atom. The molecule has 2 aromatic heterocycles. The maximum Gasteiger partial charge on any atom is 0.265 e. The fourth-order valence-electron chi connectivity index (χ4n) is 2.44. The van der Waals surface area contributed by atoms with E-state index in [9.17, 15) is 13.2 Å². The van der Waals surface area contributed by atoms with Crippen molar-refractivity contribution in [3.63, 3.8) is 0 Å². The van der Waals surface area contributed by atoms with Crippen molar-refractivity contribution in [1.82, 2.24) is 14.8 Å². The average molecular weight is 387 g/mol. The van der Waals surface area contributed by atoms with Gasteiger partial charge < -0.3 is 10.4 Å². The summed E-state index contributed by atoms with van der Waals surface area (Å²) in [6.45, 7) is 0.968. The van der Waals surface area contributed by atoms with E-state index in [0.717, 1.165) is 0 Å². The number of amides is 1. The molecule has 0 saturated heterocycles. The largest absolute Gasteiger partial charge is 0.387 e. The first kappa shape index (κ1) is 18.5. The number of sulfonamides is 1. The molecule has 0 fully saturated rings. The van der Waals surface area contributed by atoms with Crippen molar-refractivity contribution < 1.29 is 18.3 Å². The maximum atomic E-state index is 12.7. The topological polar surface area (TPSA) is 126 Å². The molecule has 10 heteroatoms. The molecule has 1 aromatic carbocycles. The van der Waals surface area contributed by atoms with Crippen LogP contribution in [0, 0.1) is 6.92 Å². The number of nitrogens with zero attached hydrogens (tertiary/aromatic N) is 3. The number of nitrogens with one attached hydrogen (secondary N) is 2. The quantitative estimate of drug-likeness (QED) is 0.585. The number of carbonyl (C=O) groups excluding carboxylic acids is 1. The number of pyridine rings is 1. The molecule has 27 heavy (non-hydrogen) atoms. The van der Waals surface area contributed by atoms with Crippen molar-refractivity contribution in [3.8, 4) is 5.82 Å². The van der Waals surface area contributed by atoms with Gasteiger partial charge in [0.25, 0.3) is 10.0 Å². The fraction of sp³-hybridized carbons (Fsp3) is 0.118. The van der Waals surface area contributed by atoms with E-state index in [-0.39, 0.29) is 10.6 Å². The highest BCUT2D eigenvalue weighted by molar-refractivity contribution is 7.92. The summed E-state index contributed by atoms with van der Waals surface area (Å²) in [5.41, 5.74) is 1.02. The lowest BCUT2D eigenvalue weighted by Crippen LogP contribution is -2.16. The van der Waals surface area contributed by atoms with Crippen LogP contribution in [0.3, 0.4) is 0 Å². The molecule has 2 heterocycles. The minimum Gasteiger partial charge on any atom is -0.387 e. The van der Waals surface area contributed by atoms with E-state index in [1.165, 1.54) is 16.9 Å². The van der Waals surface area contributed by atoms with Crippen LogP contribution in [0.1, 0.15) is 5.69 Å². The number of carbonyl (C=O) groups is 1. The molecule has 0 aliphatic rings. The number of aliphatic hydroxyl groups excluding tert-OH is 1. The Morgan fingerprint density at radius 3 is 2.67 bits per heavy atom. The Morgan fingerprint density at radius 1 is 1.19 bits per heavy atom. The van der Waals surface area contributed by atoms with E-state index < -0.39 is 22.5 Å². The standard InChI is InChI=1S/C17H17N5O4S/c1-12-15(10-19-22(12)16-7-2-3-8-18-16)27(25,26)21-14-6-4-5-13(9-14)20-17(24)11-23/h2-10,21,23H,11H2,1H3,(H,20,24). The van der Waals surface area contributed by atoms with Crippen LogP contribution in [0.25, 0.3) is 5.82 Å². The number of hydrogen-bond acceptors (Lipinski definition) is 6. The van der Waals surface area contributed by atoms with Gasteiger partial charge in [0.05, 0.1) is 17.6 Å². The van der Waals surface area contributed by atoms with E-state index in [1.54, 1.807) is 49.5 Å². The smallest absolute Gasteiger partial charge is 0.265 e. The molecule has 0 aliphatic heterocycles. The average Bonchev–Trinajstić information content (AvgIpc) is 3.04. The Bertz CT molecular complexity index is 1060. The van der Waals surface area contributed by atoms with Crippen LogP contribution in [-0.4, -0.2) is 40.8 Å². The van der Waals surface area contributed by atoms with E-state index in [2.05, 4.69) is 20.1 Å². The molecule has 0 atom stereocenters. The number of rotatable bonds is 6. The third-order valence-corrected chi connectivity index (χ3v) is 5.15. The van der Waals surface area contributed by atoms with E-state index in [4.69, 9.17) is 5.11 Å². The summed E-state index contributed by atoms with van der Waals surface area (Å²) in [6.07, 6.45) is 2.85. The van der Waals surface area contributed by atoms with Crippen molar-refractivity contribution in [3.05, 3.63) is 60.6 Å². The predicted octanol–water partition coefficient (Wildman–Crippen LogP) is 1.31. The number of anilines is 2. The van der Waals surface area contributed by atoms with Crippen molar-refractivity contribution in [1.29, 1.82) is 0 Å². The van der Waals surface area contributed by atoms with Crippen molar-refractivity contribution in [2.45, 2.75) is 11.8 Å². The molecule has 3 rings (SSSR count). The molecule has 3 aromatic rings. The normalized spacial score (nSPS) is 11.2. The van der Waals surface area contributed by atoms with Gasteiger partial charge >= 0.3 is 0 Å². The summed E-state index contributed by atoms with van der Waals surface area (Å²) in [5, 5.41) is 15.3. The summed E-state index contributed by atoms with van der Waals surface area (Å²) in [5.74, 6) is -0.0901.